The molecule has 3 N–H and O–H groups in total. The van der Waals surface area contributed by atoms with Gasteiger partial charge in [0.15, 0.2) is 0 Å². The van der Waals surface area contributed by atoms with E-state index in [9.17, 15) is 5.11 Å². The van der Waals surface area contributed by atoms with E-state index in [2.05, 4.69) is 6.07 Å². The standard InChI is InChI=1S/C12H19NO2S/c13-7-10(11-4-2-6-16-11)12(14)9-3-1-5-15-8-9/h2,4,6,9-10,12,14H,1,3,5,7-8,13H2. The van der Waals surface area contributed by atoms with Crippen molar-refractivity contribution in [2.24, 2.45) is 11.7 Å². The molecule has 2 heterocycles. The zero-order valence-corrected chi connectivity index (χ0v) is 10.2. The summed E-state index contributed by atoms with van der Waals surface area (Å²) < 4.78 is 5.42. The molecule has 1 aromatic rings. The summed E-state index contributed by atoms with van der Waals surface area (Å²) in [6, 6.07) is 4.06. The van der Waals surface area contributed by atoms with Crippen LogP contribution in [0.4, 0.5) is 0 Å². The number of hydrogen-bond acceptors (Lipinski definition) is 4. The maximum atomic E-state index is 10.4. The number of aliphatic hydroxyl groups is 1. The van der Waals surface area contributed by atoms with Gasteiger partial charge in [0.25, 0.3) is 0 Å². The third kappa shape index (κ3) is 2.63. The Morgan fingerprint density at radius 2 is 2.50 bits per heavy atom. The van der Waals surface area contributed by atoms with Crippen molar-refractivity contribution in [3.8, 4) is 0 Å². The average molecular weight is 241 g/mol. The quantitative estimate of drug-likeness (QED) is 0.841. The molecule has 0 amide bonds. The minimum absolute atomic E-state index is 0.0618. The van der Waals surface area contributed by atoms with Crippen molar-refractivity contribution < 1.29 is 9.84 Å². The van der Waals surface area contributed by atoms with Gasteiger partial charge < -0.3 is 15.6 Å². The van der Waals surface area contributed by atoms with E-state index >= 15 is 0 Å². The van der Waals surface area contributed by atoms with E-state index in [-0.39, 0.29) is 17.9 Å². The van der Waals surface area contributed by atoms with Crippen molar-refractivity contribution in [3.63, 3.8) is 0 Å². The lowest BCUT2D eigenvalue weighted by atomic mass is 9.86. The maximum absolute atomic E-state index is 10.4. The fourth-order valence-electron chi connectivity index (χ4n) is 2.29. The molecule has 3 nitrogen and oxygen atoms in total. The first-order valence-corrected chi connectivity index (χ1v) is 6.70. The molecule has 1 aromatic heterocycles. The average Bonchev–Trinajstić information content (AvgIpc) is 2.85. The number of hydrogen-bond donors (Lipinski definition) is 2. The number of thiophene rings is 1. The summed E-state index contributed by atoms with van der Waals surface area (Å²) in [7, 11) is 0. The van der Waals surface area contributed by atoms with Crippen LogP contribution in [0.25, 0.3) is 0 Å². The van der Waals surface area contributed by atoms with Crippen LogP contribution >= 0.6 is 11.3 Å². The molecule has 4 heteroatoms. The van der Waals surface area contributed by atoms with E-state index < -0.39 is 0 Å². The van der Waals surface area contributed by atoms with Gasteiger partial charge in [-0.25, -0.2) is 0 Å². The minimum Gasteiger partial charge on any atom is -0.392 e. The molecular formula is C12H19NO2S. The van der Waals surface area contributed by atoms with Crippen molar-refractivity contribution >= 4 is 11.3 Å². The molecule has 0 bridgehead atoms. The molecule has 0 aromatic carbocycles. The van der Waals surface area contributed by atoms with E-state index in [1.807, 2.05) is 11.4 Å². The van der Waals surface area contributed by atoms with Crippen LogP contribution in [0.3, 0.4) is 0 Å². The highest BCUT2D eigenvalue weighted by molar-refractivity contribution is 7.10. The van der Waals surface area contributed by atoms with Crippen molar-refractivity contribution in [2.75, 3.05) is 19.8 Å². The Labute approximate surface area is 100 Å². The summed E-state index contributed by atoms with van der Waals surface area (Å²) in [4.78, 5) is 1.18. The third-order valence-electron chi connectivity index (χ3n) is 3.25. The monoisotopic (exact) mass is 241 g/mol. The molecule has 3 atom stereocenters. The molecular weight excluding hydrogens is 222 g/mol. The maximum Gasteiger partial charge on any atom is 0.0678 e. The van der Waals surface area contributed by atoms with Gasteiger partial charge in [-0.05, 0) is 24.3 Å². The van der Waals surface area contributed by atoms with Gasteiger partial charge >= 0.3 is 0 Å². The minimum atomic E-state index is -0.371. The molecule has 16 heavy (non-hydrogen) atoms. The summed E-state index contributed by atoms with van der Waals surface area (Å²) in [5.41, 5.74) is 5.78. The fourth-order valence-corrected chi connectivity index (χ4v) is 3.17. The molecule has 1 fully saturated rings. The Kier molecular flexibility index (Phi) is 4.35. The van der Waals surface area contributed by atoms with E-state index in [4.69, 9.17) is 10.5 Å². The number of aliphatic hydroxyl groups excluding tert-OH is 1. The Morgan fingerprint density at radius 1 is 1.62 bits per heavy atom. The molecule has 0 radical (unpaired) electrons. The molecule has 0 saturated carbocycles. The van der Waals surface area contributed by atoms with Crippen LogP contribution in [0.15, 0.2) is 17.5 Å². The van der Waals surface area contributed by atoms with E-state index in [1.54, 1.807) is 11.3 Å². The van der Waals surface area contributed by atoms with Crippen LogP contribution in [0, 0.1) is 5.92 Å². The summed E-state index contributed by atoms with van der Waals surface area (Å²) in [5.74, 6) is 0.302. The molecule has 0 spiro atoms. The second-order valence-electron chi connectivity index (χ2n) is 4.33. The predicted octanol–water partition coefficient (Wildman–Crippen LogP) is 1.58. The van der Waals surface area contributed by atoms with Gasteiger partial charge in [0.05, 0.1) is 12.7 Å². The highest BCUT2D eigenvalue weighted by Crippen LogP contribution is 2.30. The van der Waals surface area contributed by atoms with Crippen LogP contribution in [-0.2, 0) is 4.74 Å². The summed E-state index contributed by atoms with van der Waals surface area (Å²) in [6.45, 7) is 2.00. The normalized spacial score (nSPS) is 25.2. The third-order valence-corrected chi connectivity index (χ3v) is 4.26. The first-order chi connectivity index (χ1) is 7.83. The van der Waals surface area contributed by atoms with Crippen LogP contribution in [0.2, 0.25) is 0 Å². The van der Waals surface area contributed by atoms with Crippen LogP contribution in [0.1, 0.15) is 23.6 Å². The van der Waals surface area contributed by atoms with E-state index in [0.29, 0.717) is 13.2 Å². The van der Waals surface area contributed by atoms with E-state index in [1.165, 1.54) is 4.88 Å². The number of ether oxygens (including phenoxy) is 1. The fraction of sp³-hybridized carbons (Fsp3) is 0.667. The predicted molar refractivity (Wildman–Crippen MR) is 65.7 cm³/mol. The molecule has 3 unspecified atom stereocenters. The van der Waals surface area contributed by atoms with Gasteiger partial charge in [0.2, 0.25) is 0 Å². The van der Waals surface area contributed by atoms with Crippen molar-refractivity contribution in [2.45, 2.75) is 24.9 Å². The second-order valence-corrected chi connectivity index (χ2v) is 5.30. The highest BCUT2D eigenvalue weighted by Gasteiger charge is 2.30. The van der Waals surface area contributed by atoms with Crippen LogP contribution in [-0.4, -0.2) is 31.0 Å². The molecule has 1 aliphatic heterocycles. The summed E-state index contributed by atoms with van der Waals surface area (Å²) in [5, 5.41) is 12.4. The molecule has 2 rings (SSSR count). The molecule has 1 saturated heterocycles. The van der Waals surface area contributed by atoms with Crippen molar-refractivity contribution in [3.05, 3.63) is 22.4 Å². The van der Waals surface area contributed by atoms with Crippen LogP contribution < -0.4 is 5.73 Å². The van der Waals surface area contributed by atoms with Crippen molar-refractivity contribution in [1.82, 2.24) is 0 Å². The van der Waals surface area contributed by atoms with Gasteiger partial charge in [0, 0.05) is 29.9 Å². The first kappa shape index (κ1) is 12.0. The van der Waals surface area contributed by atoms with E-state index in [0.717, 1.165) is 19.4 Å². The molecule has 1 aliphatic rings. The number of rotatable bonds is 4. The zero-order chi connectivity index (χ0) is 11.4. The zero-order valence-electron chi connectivity index (χ0n) is 9.34. The highest BCUT2D eigenvalue weighted by atomic mass is 32.1. The van der Waals surface area contributed by atoms with Gasteiger partial charge in [-0.1, -0.05) is 6.07 Å². The van der Waals surface area contributed by atoms with Gasteiger partial charge in [-0.2, -0.15) is 0 Å². The van der Waals surface area contributed by atoms with Crippen LogP contribution in [0.5, 0.6) is 0 Å². The Morgan fingerprint density at radius 3 is 3.06 bits per heavy atom. The van der Waals surface area contributed by atoms with Gasteiger partial charge in [-0.15, -0.1) is 11.3 Å². The van der Waals surface area contributed by atoms with Crippen molar-refractivity contribution in [1.29, 1.82) is 0 Å². The Bertz CT molecular complexity index is 296. The smallest absolute Gasteiger partial charge is 0.0678 e. The molecule has 90 valence electrons. The second kappa shape index (κ2) is 5.77. The SMILES string of the molecule is NCC(c1cccs1)C(O)C1CCCOC1. The lowest BCUT2D eigenvalue weighted by molar-refractivity contribution is -0.0180. The Hall–Kier alpha value is -0.420. The lowest BCUT2D eigenvalue weighted by Crippen LogP contribution is -2.36. The topological polar surface area (TPSA) is 55.5 Å². The Balaban J connectivity index is 2.02. The summed E-state index contributed by atoms with van der Waals surface area (Å²) in [6.07, 6.45) is 1.72. The largest absolute Gasteiger partial charge is 0.392 e. The number of nitrogens with two attached hydrogens (primary N) is 1. The summed E-state index contributed by atoms with van der Waals surface area (Å²) >= 11 is 1.67. The first-order valence-electron chi connectivity index (χ1n) is 5.82. The van der Waals surface area contributed by atoms with Gasteiger partial charge in [-0.3, -0.25) is 0 Å². The van der Waals surface area contributed by atoms with Gasteiger partial charge in [0.1, 0.15) is 0 Å². The molecule has 0 aliphatic carbocycles. The lowest BCUT2D eigenvalue weighted by Gasteiger charge is -2.31.